The minimum atomic E-state index is -3.34. The van der Waals surface area contributed by atoms with Gasteiger partial charge < -0.3 is 4.74 Å². The van der Waals surface area contributed by atoms with Crippen LogP contribution < -0.4 is 4.72 Å². The van der Waals surface area contributed by atoms with E-state index in [0.29, 0.717) is 32.3 Å². The molecule has 0 aliphatic carbocycles. The molecule has 0 spiro atoms. The van der Waals surface area contributed by atoms with Crippen LogP contribution in [0.4, 0.5) is 0 Å². The van der Waals surface area contributed by atoms with E-state index < -0.39 is 10.2 Å². The van der Waals surface area contributed by atoms with E-state index in [1.165, 1.54) is 17.1 Å². The Morgan fingerprint density at radius 2 is 1.79 bits per heavy atom. The number of fused-ring (bicyclic) bond motifs is 1. The maximum Gasteiger partial charge on any atom is 0.279 e. The Morgan fingerprint density at radius 3 is 2.58 bits per heavy atom. The standard InChI is InChI=1S/C12H23N3O3S/c16-19(17,15-7-9-18-10-8-15)13-11-4-6-14-5-2-1-3-12(11)14/h11-13H,1-10H2/t11-,12+/m0/s1. The van der Waals surface area contributed by atoms with Crippen LogP contribution >= 0.6 is 0 Å². The Kier molecular flexibility index (Phi) is 4.09. The minimum Gasteiger partial charge on any atom is -0.379 e. The number of hydrogen-bond acceptors (Lipinski definition) is 4. The maximum absolute atomic E-state index is 12.4. The summed E-state index contributed by atoms with van der Waals surface area (Å²) in [6.45, 7) is 4.09. The second-order valence-electron chi connectivity index (χ2n) is 5.63. The van der Waals surface area contributed by atoms with Crippen LogP contribution in [0.15, 0.2) is 0 Å². The molecule has 6 nitrogen and oxygen atoms in total. The van der Waals surface area contributed by atoms with Gasteiger partial charge >= 0.3 is 0 Å². The van der Waals surface area contributed by atoms with Crippen molar-refractivity contribution in [3.05, 3.63) is 0 Å². The van der Waals surface area contributed by atoms with E-state index in [1.54, 1.807) is 0 Å². The highest BCUT2D eigenvalue weighted by molar-refractivity contribution is 7.87. The van der Waals surface area contributed by atoms with E-state index >= 15 is 0 Å². The predicted molar refractivity (Wildman–Crippen MR) is 72.1 cm³/mol. The summed E-state index contributed by atoms with van der Waals surface area (Å²) in [5, 5.41) is 0. The summed E-state index contributed by atoms with van der Waals surface area (Å²) in [7, 11) is -3.34. The van der Waals surface area contributed by atoms with Crippen LogP contribution in [0.2, 0.25) is 0 Å². The van der Waals surface area contributed by atoms with Crippen molar-refractivity contribution in [1.29, 1.82) is 0 Å². The number of ether oxygens (including phenoxy) is 1. The monoisotopic (exact) mass is 289 g/mol. The Labute approximate surface area is 115 Å². The molecule has 3 saturated heterocycles. The maximum atomic E-state index is 12.4. The van der Waals surface area contributed by atoms with Crippen LogP contribution in [0.1, 0.15) is 25.7 Å². The summed E-state index contributed by atoms with van der Waals surface area (Å²) >= 11 is 0. The Hall–Kier alpha value is -0.210. The van der Waals surface area contributed by atoms with E-state index in [1.807, 2.05) is 0 Å². The average Bonchev–Trinajstić information content (AvgIpc) is 2.83. The van der Waals surface area contributed by atoms with Gasteiger partial charge in [-0.3, -0.25) is 4.90 Å². The van der Waals surface area contributed by atoms with Crippen LogP contribution in [-0.4, -0.2) is 69.1 Å². The third-order valence-electron chi connectivity index (χ3n) is 4.47. The lowest BCUT2D eigenvalue weighted by atomic mass is 10.00. The molecule has 110 valence electrons. The van der Waals surface area contributed by atoms with Gasteiger partial charge in [0.2, 0.25) is 0 Å². The van der Waals surface area contributed by atoms with Crippen molar-refractivity contribution in [2.45, 2.75) is 37.8 Å². The minimum absolute atomic E-state index is 0.0909. The summed E-state index contributed by atoms with van der Waals surface area (Å²) in [4.78, 5) is 2.44. The topological polar surface area (TPSA) is 61.9 Å². The highest BCUT2D eigenvalue weighted by atomic mass is 32.2. The number of piperidine rings is 1. The molecule has 19 heavy (non-hydrogen) atoms. The molecule has 0 bridgehead atoms. The number of nitrogens with one attached hydrogen (secondary N) is 1. The first-order valence-electron chi connectivity index (χ1n) is 7.26. The smallest absolute Gasteiger partial charge is 0.279 e. The summed E-state index contributed by atoms with van der Waals surface area (Å²) in [5.41, 5.74) is 0. The molecule has 0 radical (unpaired) electrons. The number of hydrogen-bond donors (Lipinski definition) is 1. The van der Waals surface area contributed by atoms with Gasteiger partial charge in [0, 0.05) is 31.7 Å². The molecule has 0 saturated carbocycles. The summed E-state index contributed by atoms with van der Waals surface area (Å²) in [6.07, 6.45) is 4.53. The van der Waals surface area contributed by atoms with Crippen molar-refractivity contribution >= 4 is 10.2 Å². The number of morpholine rings is 1. The van der Waals surface area contributed by atoms with Gasteiger partial charge in [-0.25, -0.2) is 0 Å². The van der Waals surface area contributed by atoms with Crippen LogP contribution in [0.3, 0.4) is 0 Å². The number of rotatable bonds is 3. The SMILES string of the molecule is O=S(=O)(N[C@H]1CCN2CCCC[C@H]12)N1CCOCC1. The van der Waals surface area contributed by atoms with Gasteiger partial charge in [-0.2, -0.15) is 17.4 Å². The Bertz CT molecular complexity index is 408. The Morgan fingerprint density at radius 1 is 1.00 bits per heavy atom. The molecule has 1 N–H and O–H groups in total. The quantitative estimate of drug-likeness (QED) is 0.780. The zero-order valence-corrected chi connectivity index (χ0v) is 12.1. The summed E-state index contributed by atoms with van der Waals surface area (Å²) in [5.74, 6) is 0. The van der Waals surface area contributed by atoms with Crippen molar-refractivity contribution in [1.82, 2.24) is 13.9 Å². The highest BCUT2D eigenvalue weighted by Gasteiger charge is 2.38. The van der Waals surface area contributed by atoms with E-state index in [4.69, 9.17) is 4.74 Å². The van der Waals surface area contributed by atoms with E-state index in [0.717, 1.165) is 25.9 Å². The molecular weight excluding hydrogens is 266 g/mol. The van der Waals surface area contributed by atoms with Gasteiger partial charge in [0.05, 0.1) is 13.2 Å². The molecule has 0 amide bonds. The zero-order valence-electron chi connectivity index (χ0n) is 11.3. The molecule has 0 aromatic heterocycles. The molecule has 3 rings (SSSR count). The van der Waals surface area contributed by atoms with Gasteiger partial charge in [0.1, 0.15) is 0 Å². The normalized spacial score (nSPS) is 34.3. The van der Waals surface area contributed by atoms with Crippen molar-refractivity contribution in [3.63, 3.8) is 0 Å². The summed E-state index contributed by atoms with van der Waals surface area (Å²) < 4.78 is 34.4. The number of nitrogens with zero attached hydrogens (tertiary/aromatic N) is 2. The molecule has 3 aliphatic rings. The van der Waals surface area contributed by atoms with Crippen molar-refractivity contribution in [2.24, 2.45) is 0 Å². The molecule has 0 unspecified atom stereocenters. The first-order valence-corrected chi connectivity index (χ1v) is 8.70. The fourth-order valence-corrected chi connectivity index (χ4v) is 4.87. The third kappa shape index (κ3) is 2.95. The molecule has 3 aliphatic heterocycles. The third-order valence-corrected chi connectivity index (χ3v) is 6.11. The fourth-order valence-electron chi connectivity index (χ4n) is 3.44. The van der Waals surface area contributed by atoms with Crippen LogP contribution in [0, 0.1) is 0 Å². The molecule has 3 fully saturated rings. The Balaban J connectivity index is 1.63. The van der Waals surface area contributed by atoms with Crippen LogP contribution in [0.25, 0.3) is 0 Å². The van der Waals surface area contributed by atoms with Gasteiger partial charge in [-0.15, -0.1) is 0 Å². The molecule has 3 heterocycles. The first-order chi connectivity index (χ1) is 9.17. The second-order valence-corrected chi connectivity index (χ2v) is 7.33. The van der Waals surface area contributed by atoms with Crippen molar-refractivity contribution < 1.29 is 13.2 Å². The summed E-state index contributed by atoms with van der Waals surface area (Å²) in [6, 6.07) is 0.498. The van der Waals surface area contributed by atoms with E-state index in [-0.39, 0.29) is 6.04 Å². The van der Waals surface area contributed by atoms with Crippen molar-refractivity contribution in [2.75, 3.05) is 39.4 Å². The molecular formula is C12H23N3O3S. The van der Waals surface area contributed by atoms with Gasteiger partial charge in [0.15, 0.2) is 0 Å². The largest absolute Gasteiger partial charge is 0.379 e. The van der Waals surface area contributed by atoms with Gasteiger partial charge in [-0.1, -0.05) is 6.42 Å². The molecule has 0 aromatic rings. The lowest BCUT2D eigenvalue weighted by Crippen LogP contribution is -2.53. The van der Waals surface area contributed by atoms with Gasteiger partial charge in [0.25, 0.3) is 10.2 Å². The highest BCUT2D eigenvalue weighted by Crippen LogP contribution is 2.27. The van der Waals surface area contributed by atoms with Crippen LogP contribution in [0.5, 0.6) is 0 Å². The average molecular weight is 289 g/mol. The van der Waals surface area contributed by atoms with E-state index in [9.17, 15) is 8.42 Å². The molecule has 0 aromatic carbocycles. The zero-order chi connectivity index (χ0) is 13.3. The van der Waals surface area contributed by atoms with E-state index in [2.05, 4.69) is 9.62 Å². The molecule has 2 atom stereocenters. The van der Waals surface area contributed by atoms with Crippen LogP contribution in [-0.2, 0) is 14.9 Å². The molecule has 7 heteroatoms. The lowest BCUT2D eigenvalue weighted by Gasteiger charge is -2.34. The van der Waals surface area contributed by atoms with Gasteiger partial charge in [-0.05, 0) is 25.8 Å². The lowest BCUT2D eigenvalue weighted by molar-refractivity contribution is 0.0721. The first kappa shape index (κ1) is 13.8. The predicted octanol–water partition coefficient (Wildman–Crippen LogP) is -0.220. The second kappa shape index (κ2) is 5.65. The van der Waals surface area contributed by atoms with Crippen molar-refractivity contribution in [3.8, 4) is 0 Å². The fraction of sp³-hybridized carbons (Fsp3) is 1.00.